The van der Waals surface area contributed by atoms with E-state index < -0.39 is 17.6 Å². The molecular weight excluding hydrogens is 399 g/mol. The second kappa shape index (κ2) is 9.21. The fourth-order valence-corrected chi connectivity index (χ4v) is 2.63. The van der Waals surface area contributed by atoms with Crippen LogP contribution in [0.2, 0.25) is 0 Å². The maximum atomic E-state index is 12.5. The molecule has 0 fully saturated rings. The van der Waals surface area contributed by atoms with Gasteiger partial charge in [-0.2, -0.15) is 18.3 Å². The maximum absolute atomic E-state index is 12.5. The summed E-state index contributed by atoms with van der Waals surface area (Å²) < 4.78 is 39.3. The van der Waals surface area contributed by atoms with Crippen LogP contribution < -0.4 is 10.6 Å². The summed E-state index contributed by atoms with van der Waals surface area (Å²) in [4.78, 5) is 28.0. The average molecular weight is 417 g/mol. The van der Waals surface area contributed by atoms with Crippen LogP contribution in [0.1, 0.15) is 31.8 Å². The molecule has 156 valence electrons. The molecule has 2 N–H and O–H groups in total. The normalized spacial score (nSPS) is 11.2. The van der Waals surface area contributed by atoms with Gasteiger partial charge in [0.15, 0.2) is 0 Å². The molecule has 0 spiro atoms. The quantitative estimate of drug-likeness (QED) is 0.578. The van der Waals surface area contributed by atoms with Crippen LogP contribution in [-0.2, 0) is 12.7 Å². The highest BCUT2D eigenvalue weighted by Gasteiger charge is 2.30. The number of amides is 2. The van der Waals surface area contributed by atoms with Crippen molar-refractivity contribution in [1.29, 1.82) is 0 Å². The Kier molecular flexibility index (Phi) is 6.45. The molecule has 30 heavy (non-hydrogen) atoms. The van der Waals surface area contributed by atoms with E-state index in [0.717, 1.165) is 29.8 Å². The minimum Gasteiger partial charge on any atom is -0.350 e. The zero-order valence-electron chi connectivity index (χ0n) is 15.7. The van der Waals surface area contributed by atoms with Crippen molar-refractivity contribution < 1.29 is 22.8 Å². The Hall–Kier alpha value is -3.69. The summed E-state index contributed by atoms with van der Waals surface area (Å²) in [5.41, 5.74) is 0.711. The summed E-state index contributed by atoms with van der Waals surface area (Å²) in [5, 5.41) is 9.23. The lowest BCUT2D eigenvalue weighted by Crippen LogP contribution is -2.34. The van der Waals surface area contributed by atoms with Crippen LogP contribution in [0, 0.1) is 0 Å². The van der Waals surface area contributed by atoms with Gasteiger partial charge in [-0.25, -0.2) is 9.67 Å². The third-order valence-electron chi connectivity index (χ3n) is 4.20. The number of benzene rings is 2. The standard InChI is InChI=1S/C20H18F3N5O2/c21-20(22,23)17-7-5-16(6-8-17)19(30)26-10-9-25-18(29)15-3-1-14(2-4-15)11-28-13-24-12-27-28/h1-8,12-13H,9-11H2,(H,25,29)(H,26,30). The van der Waals surface area contributed by atoms with Gasteiger partial charge in [0.05, 0.1) is 12.1 Å². The summed E-state index contributed by atoms with van der Waals surface area (Å²) in [6.45, 7) is 0.847. The van der Waals surface area contributed by atoms with Gasteiger partial charge in [-0.1, -0.05) is 12.1 Å². The summed E-state index contributed by atoms with van der Waals surface area (Å²) >= 11 is 0. The number of rotatable bonds is 7. The van der Waals surface area contributed by atoms with Crippen LogP contribution in [0.15, 0.2) is 61.2 Å². The van der Waals surface area contributed by atoms with Gasteiger partial charge in [-0.3, -0.25) is 9.59 Å². The Morgan fingerprint density at radius 2 is 1.40 bits per heavy atom. The van der Waals surface area contributed by atoms with Gasteiger partial charge in [-0.05, 0) is 42.0 Å². The molecule has 0 aliphatic rings. The number of alkyl halides is 3. The number of halogens is 3. The summed E-state index contributed by atoms with van der Waals surface area (Å²) in [6.07, 6.45) is -1.41. The highest BCUT2D eigenvalue weighted by molar-refractivity contribution is 5.95. The zero-order valence-corrected chi connectivity index (χ0v) is 15.7. The van der Waals surface area contributed by atoms with Crippen LogP contribution in [0.4, 0.5) is 13.2 Å². The summed E-state index contributed by atoms with van der Waals surface area (Å²) in [6, 6.07) is 10.9. The molecule has 0 radical (unpaired) electrons. The van der Waals surface area contributed by atoms with Crippen molar-refractivity contribution in [1.82, 2.24) is 25.4 Å². The fraction of sp³-hybridized carbons (Fsp3) is 0.200. The molecule has 3 aromatic rings. The summed E-state index contributed by atoms with van der Waals surface area (Å²) in [5.74, 6) is -0.818. The van der Waals surface area contributed by atoms with Crippen LogP contribution in [-0.4, -0.2) is 39.7 Å². The third-order valence-corrected chi connectivity index (χ3v) is 4.20. The molecule has 3 rings (SSSR count). The average Bonchev–Trinajstić information content (AvgIpc) is 3.24. The molecule has 0 unspecified atom stereocenters. The third kappa shape index (κ3) is 5.66. The van der Waals surface area contributed by atoms with E-state index >= 15 is 0 Å². The molecule has 0 saturated heterocycles. The van der Waals surface area contributed by atoms with Crippen molar-refractivity contribution in [3.8, 4) is 0 Å². The number of nitrogens with zero attached hydrogens (tertiary/aromatic N) is 3. The highest BCUT2D eigenvalue weighted by atomic mass is 19.4. The molecular formula is C20H18F3N5O2. The first-order valence-corrected chi connectivity index (χ1v) is 8.98. The highest BCUT2D eigenvalue weighted by Crippen LogP contribution is 2.29. The lowest BCUT2D eigenvalue weighted by molar-refractivity contribution is -0.137. The largest absolute Gasteiger partial charge is 0.416 e. The molecule has 2 amide bonds. The molecule has 1 heterocycles. The maximum Gasteiger partial charge on any atom is 0.416 e. The van der Waals surface area contributed by atoms with Gasteiger partial charge < -0.3 is 10.6 Å². The molecule has 7 nitrogen and oxygen atoms in total. The number of carbonyl (C=O) groups excluding carboxylic acids is 2. The number of nitrogens with one attached hydrogen (secondary N) is 2. The number of hydrogen-bond acceptors (Lipinski definition) is 4. The SMILES string of the molecule is O=C(NCCNC(=O)c1ccc(C(F)(F)F)cc1)c1ccc(Cn2cncn2)cc1. The summed E-state index contributed by atoms with van der Waals surface area (Å²) in [7, 11) is 0. The molecule has 0 atom stereocenters. The molecule has 2 aromatic carbocycles. The predicted molar refractivity (Wildman–Crippen MR) is 102 cm³/mol. The Morgan fingerprint density at radius 3 is 1.87 bits per heavy atom. The van der Waals surface area contributed by atoms with Gasteiger partial charge in [0.2, 0.25) is 0 Å². The van der Waals surface area contributed by atoms with E-state index in [9.17, 15) is 22.8 Å². The Bertz CT molecular complexity index is 985. The zero-order chi connectivity index (χ0) is 21.6. The van der Waals surface area contributed by atoms with Crippen molar-refractivity contribution >= 4 is 11.8 Å². The van der Waals surface area contributed by atoms with Crippen LogP contribution in [0.3, 0.4) is 0 Å². The topological polar surface area (TPSA) is 88.9 Å². The second-order valence-electron chi connectivity index (χ2n) is 6.38. The van der Waals surface area contributed by atoms with E-state index in [2.05, 4.69) is 20.7 Å². The fourth-order valence-electron chi connectivity index (χ4n) is 2.63. The minimum absolute atomic E-state index is 0.109. The Balaban J connectivity index is 1.42. The van der Waals surface area contributed by atoms with Crippen molar-refractivity contribution in [2.45, 2.75) is 12.7 Å². The van der Waals surface area contributed by atoms with Crippen molar-refractivity contribution in [2.75, 3.05) is 13.1 Å². The molecule has 1 aromatic heterocycles. The number of aromatic nitrogens is 3. The van der Waals surface area contributed by atoms with E-state index in [-0.39, 0.29) is 24.6 Å². The monoisotopic (exact) mass is 417 g/mol. The van der Waals surface area contributed by atoms with Crippen molar-refractivity contribution in [3.63, 3.8) is 0 Å². The van der Waals surface area contributed by atoms with Crippen molar-refractivity contribution in [3.05, 3.63) is 83.4 Å². The van der Waals surface area contributed by atoms with Crippen LogP contribution >= 0.6 is 0 Å². The molecule has 0 saturated carbocycles. The first-order valence-electron chi connectivity index (χ1n) is 8.98. The molecule has 0 aliphatic heterocycles. The minimum atomic E-state index is -4.45. The van der Waals surface area contributed by atoms with E-state index in [0.29, 0.717) is 12.1 Å². The van der Waals surface area contributed by atoms with E-state index in [1.165, 1.54) is 6.33 Å². The number of carbonyl (C=O) groups is 2. The van der Waals surface area contributed by atoms with Gasteiger partial charge in [-0.15, -0.1) is 0 Å². The van der Waals surface area contributed by atoms with Crippen molar-refractivity contribution in [2.24, 2.45) is 0 Å². The van der Waals surface area contributed by atoms with E-state index in [1.54, 1.807) is 23.1 Å². The van der Waals surface area contributed by atoms with E-state index in [4.69, 9.17) is 0 Å². The molecule has 0 aliphatic carbocycles. The second-order valence-corrected chi connectivity index (χ2v) is 6.38. The van der Waals surface area contributed by atoms with Gasteiger partial charge in [0, 0.05) is 24.2 Å². The number of hydrogen-bond donors (Lipinski definition) is 2. The molecule has 10 heteroatoms. The van der Waals surface area contributed by atoms with Gasteiger partial charge >= 0.3 is 6.18 Å². The first kappa shape index (κ1) is 21.0. The Labute approximate surface area is 169 Å². The lowest BCUT2D eigenvalue weighted by atomic mass is 10.1. The Morgan fingerprint density at radius 1 is 0.867 bits per heavy atom. The van der Waals surface area contributed by atoms with Crippen LogP contribution in [0.5, 0.6) is 0 Å². The van der Waals surface area contributed by atoms with Gasteiger partial charge in [0.1, 0.15) is 12.7 Å². The van der Waals surface area contributed by atoms with E-state index in [1.807, 2.05) is 12.1 Å². The van der Waals surface area contributed by atoms with Gasteiger partial charge in [0.25, 0.3) is 11.8 Å². The van der Waals surface area contributed by atoms with Crippen LogP contribution in [0.25, 0.3) is 0 Å². The molecule has 0 bridgehead atoms. The lowest BCUT2D eigenvalue weighted by Gasteiger charge is -2.09. The smallest absolute Gasteiger partial charge is 0.350 e. The first-order chi connectivity index (χ1) is 14.3. The predicted octanol–water partition coefficient (Wildman–Crippen LogP) is 2.51.